The molecule has 3 aromatic rings. The molecule has 0 saturated carbocycles. The predicted molar refractivity (Wildman–Crippen MR) is 163 cm³/mol. The second-order valence-corrected chi connectivity index (χ2v) is 11.8. The zero-order valence-electron chi connectivity index (χ0n) is 22.7. The third-order valence-electron chi connectivity index (χ3n) is 6.62. The Morgan fingerprint density at radius 2 is 1.82 bits per heavy atom. The fourth-order valence-corrected chi connectivity index (χ4v) is 5.64. The van der Waals surface area contributed by atoms with Gasteiger partial charge in [-0.2, -0.15) is 5.10 Å². The van der Waals surface area contributed by atoms with Crippen molar-refractivity contribution in [2.24, 2.45) is 11.8 Å². The number of amides is 1. The van der Waals surface area contributed by atoms with Crippen LogP contribution in [0.2, 0.25) is 0 Å². The monoisotopic (exact) mass is 547 g/mol. The van der Waals surface area contributed by atoms with Crippen LogP contribution in [0.4, 0.5) is 0 Å². The van der Waals surface area contributed by atoms with Gasteiger partial charge in [-0.15, -0.1) is 0 Å². The van der Waals surface area contributed by atoms with Crippen LogP contribution in [0.5, 0.6) is 5.75 Å². The summed E-state index contributed by atoms with van der Waals surface area (Å²) in [6.45, 7) is 10.0. The number of benzene rings is 2. The highest BCUT2D eigenvalue weighted by atomic mass is 32.2. The molecule has 1 amide bonds. The van der Waals surface area contributed by atoms with E-state index in [2.05, 4.69) is 27.7 Å². The molecule has 0 radical (unpaired) electrons. The normalized spacial score (nSPS) is 15.6. The molecule has 38 heavy (non-hydrogen) atoms. The third-order valence-corrected chi connectivity index (χ3v) is 8.00. The quantitative estimate of drug-likeness (QED) is 0.170. The Morgan fingerprint density at radius 3 is 2.47 bits per heavy atom. The lowest BCUT2D eigenvalue weighted by Crippen LogP contribution is -2.33. The van der Waals surface area contributed by atoms with Gasteiger partial charge in [0.25, 0.3) is 5.91 Å². The van der Waals surface area contributed by atoms with Crippen molar-refractivity contribution < 1.29 is 9.53 Å². The molecule has 7 heteroatoms. The summed E-state index contributed by atoms with van der Waals surface area (Å²) in [6.07, 6.45) is 8.42. The number of nitrogens with zero attached hydrogens (tertiary/aromatic N) is 3. The van der Waals surface area contributed by atoms with Crippen LogP contribution < -0.4 is 4.74 Å². The van der Waals surface area contributed by atoms with Crippen LogP contribution in [0.15, 0.2) is 65.7 Å². The van der Waals surface area contributed by atoms with E-state index < -0.39 is 0 Å². The molecule has 1 saturated heterocycles. The average Bonchev–Trinajstić information content (AvgIpc) is 3.46. The van der Waals surface area contributed by atoms with Crippen molar-refractivity contribution in [1.29, 1.82) is 0 Å². The summed E-state index contributed by atoms with van der Waals surface area (Å²) in [5.41, 5.74) is 3.61. The van der Waals surface area contributed by atoms with Crippen molar-refractivity contribution in [2.45, 2.75) is 53.4 Å². The molecule has 0 bridgehead atoms. The number of hydrogen-bond donors (Lipinski definition) is 0. The largest absolute Gasteiger partial charge is 0.493 e. The Hall–Kier alpha value is -2.90. The molecule has 2 heterocycles. The van der Waals surface area contributed by atoms with Gasteiger partial charge in [0, 0.05) is 23.9 Å². The van der Waals surface area contributed by atoms with E-state index in [1.807, 2.05) is 71.6 Å². The summed E-state index contributed by atoms with van der Waals surface area (Å²) in [7, 11) is 0. The maximum Gasteiger partial charge on any atom is 0.266 e. The molecule has 4 rings (SSSR count). The maximum absolute atomic E-state index is 13.4. The van der Waals surface area contributed by atoms with E-state index in [9.17, 15) is 4.79 Å². The predicted octanol–water partition coefficient (Wildman–Crippen LogP) is 7.99. The van der Waals surface area contributed by atoms with Crippen LogP contribution in [0.3, 0.4) is 0 Å². The molecule has 0 aliphatic carbocycles. The van der Waals surface area contributed by atoms with E-state index >= 15 is 0 Å². The van der Waals surface area contributed by atoms with E-state index in [-0.39, 0.29) is 5.91 Å². The molecule has 0 spiro atoms. The molecule has 1 aromatic heterocycles. The zero-order valence-corrected chi connectivity index (χ0v) is 24.4. The van der Waals surface area contributed by atoms with Gasteiger partial charge in [-0.3, -0.25) is 9.69 Å². The number of thiocarbonyl (C=S) groups is 1. The minimum atomic E-state index is -0.00853. The van der Waals surface area contributed by atoms with E-state index in [1.165, 1.54) is 18.2 Å². The van der Waals surface area contributed by atoms with Crippen LogP contribution in [-0.2, 0) is 4.79 Å². The fraction of sp³-hybridized carbons (Fsp3) is 0.387. The second-order valence-electron chi connectivity index (χ2n) is 10.2. The lowest BCUT2D eigenvalue weighted by molar-refractivity contribution is -0.122. The molecule has 0 N–H and O–H groups in total. The van der Waals surface area contributed by atoms with Crippen LogP contribution in [0.25, 0.3) is 23.0 Å². The first kappa shape index (κ1) is 28.1. The molecule has 5 nitrogen and oxygen atoms in total. The minimum Gasteiger partial charge on any atom is -0.493 e. The first-order valence-corrected chi connectivity index (χ1v) is 14.8. The third kappa shape index (κ3) is 6.94. The summed E-state index contributed by atoms with van der Waals surface area (Å²) in [4.78, 5) is 15.9. The number of para-hydroxylation sites is 1. The smallest absolute Gasteiger partial charge is 0.266 e. The Labute approximate surface area is 236 Å². The van der Waals surface area contributed by atoms with Gasteiger partial charge in [0.2, 0.25) is 0 Å². The van der Waals surface area contributed by atoms with E-state index in [4.69, 9.17) is 22.1 Å². The molecule has 2 aromatic carbocycles. The molecular formula is C31H37N3O2S2. The van der Waals surface area contributed by atoms with Gasteiger partial charge in [-0.1, -0.05) is 89.1 Å². The highest BCUT2D eigenvalue weighted by Crippen LogP contribution is 2.36. The summed E-state index contributed by atoms with van der Waals surface area (Å²) < 4.78 is 8.37. The lowest BCUT2D eigenvalue weighted by atomic mass is 9.99. The Morgan fingerprint density at radius 1 is 1.08 bits per heavy atom. The number of unbranched alkanes of at least 4 members (excludes halogenated alkanes) is 1. The Bertz CT molecular complexity index is 1270. The van der Waals surface area contributed by atoms with Gasteiger partial charge >= 0.3 is 0 Å². The number of thioether (sulfide) groups is 1. The number of ether oxygens (including phenoxy) is 1. The first-order valence-electron chi connectivity index (χ1n) is 13.5. The molecule has 1 fully saturated rings. The summed E-state index contributed by atoms with van der Waals surface area (Å²) in [5.74, 6) is 1.75. The minimum absolute atomic E-state index is 0.00853. The van der Waals surface area contributed by atoms with Gasteiger partial charge in [-0.05, 0) is 60.7 Å². The van der Waals surface area contributed by atoms with Gasteiger partial charge in [0.05, 0.1) is 22.9 Å². The number of carbonyl (C=O) groups excluding carboxylic acids is 1. The van der Waals surface area contributed by atoms with Gasteiger partial charge in [-0.25, -0.2) is 4.68 Å². The van der Waals surface area contributed by atoms with E-state index in [1.54, 1.807) is 4.90 Å². The standard InChI is InChI=1S/C31H37N3O2S2/c1-5-7-11-23(6-2)19-33-30(35)28(38-31(33)37)18-25-20-34(26-12-9-8-10-13-26)32-29(25)24-14-16-27(17-15-24)36-21-22(3)4/h8-10,12-18,20,22-23H,5-7,11,19,21H2,1-4H3. The van der Waals surface area contributed by atoms with Gasteiger partial charge < -0.3 is 4.74 Å². The molecule has 200 valence electrons. The zero-order chi connectivity index (χ0) is 27.1. The van der Waals surface area contributed by atoms with Crippen LogP contribution >= 0.6 is 24.0 Å². The Balaban J connectivity index is 1.64. The van der Waals surface area contributed by atoms with Crippen molar-refractivity contribution in [2.75, 3.05) is 13.2 Å². The molecule has 1 aliphatic rings. The van der Waals surface area contributed by atoms with Crippen molar-refractivity contribution in [3.8, 4) is 22.7 Å². The van der Waals surface area contributed by atoms with Crippen molar-refractivity contribution >= 4 is 40.3 Å². The maximum atomic E-state index is 13.4. The van der Waals surface area contributed by atoms with Crippen molar-refractivity contribution in [3.63, 3.8) is 0 Å². The molecule has 1 aliphatic heterocycles. The fourth-order valence-electron chi connectivity index (χ4n) is 4.38. The lowest BCUT2D eigenvalue weighted by Gasteiger charge is -2.21. The topological polar surface area (TPSA) is 47.4 Å². The average molecular weight is 548 g/mol. The van der Waals surface area contributed by atoms with Crippen molar-refractivity contribution in [1.82, 2.24) is 14.7 Å². The molecular weight excluding hydrogens is 510 g/mol. The van der Waals surface area contributed by atoms with Crippen molar-refractivity contribution in [3.05, 3.63) is 71.3 Å². The highest BCUT2D eigenvalue weighted by Gasteiger charge is 2.33. The Kier molecular flexibility index (Phi) is 9.80. The summed E-state index contributed by atoms with van der Waals surface area (Å²) >= 11 is 7.03. The SMILES string of the molecule is CCCCC(CC)CN1C(=O)C(=Cc2cn(-c3ccccc3)nc2-c2ccc(OCC(C)C)cc2)SC1=S. The van der Waals surface area contributed by atoms with Crippen LogP contribution in [-0.4, -0.2) is 38.1 Å². The summed E-state index contributed by atoms with van der Waals surface area (Å²) in [6, 6.07) is 18.0. The summed E-state index contributed by atoms with van der Waals surface area (Å²) in [5, 5.41) is 4.92. The van der Waals surface area contributed by atoms with E-state index in [0.29, 0.717) is 34.2 Å². The van der Waals surface area contributed by atoms with Gasteiger partial charge in [0.15, 0.2) is 0 Å². The van der Waals surface area contributed by atoms with Gasteiger partial charge in [0.1, 0.15) is 10.1 Å². The number of rotatable bonds is 12. The number of hydrogen-bond acceptors (Lipinski definition) is 5. The van der Waals surface area contributed by atoms with E-state index in [0.717, 1.165) is 47.5 Å². The molecule has 1 atom stereocenters. The van der Waals surface area contributed by atoms with Crippen LogP contribution in [0.1, 0.15) is 58.9 Å². The number of aromatic nitrogens is 2. The highest BCUT2D eigenvalue weighted by molar-refractivity contribution is 8.26. The number of carbonyl (C=O) groups is 1. The second kappa shape index (κ2) is 13.3. The first-order chi connectivity index (χ1) is 18.4. The molecule has 1 unspecified atom stereocenters. The van der Waals surface area contributed by atoms with Crippen LogP contribution in [0, 0.1) is 11.8 Å².